The standard InChI is InChI=1S/C28H29FGeN.C13H24O2.Ir/c1-28(2,3)25-16-21(15-20-9-7-8-10-23(20)25)27-17-24(26(29)18-31-27)19-11-13-22(14-12-19)30(4,5)6;1-5-10(6-2)12(14)9-13(15)11(7-3)8-4;/h7-14,16-18H,1-6H3;9-11,14H,5-8H2,1-4H3;/q-1;;/b;12-9-;. The van der Waals surface area contributed by atoms with Crippen LogP contribution < -0.4 is 4.40 Å². The largest absolute Gasteiger partial charge is 0.512 e. The van der Waals surface area contributed by atoms with Gasteiger partial charge in [-0.2, -0.15) is 0 Å². The molecule has 0 saturated carbocycles. The van der Waals surface area contributed by atoms with Crippen molar-refractivity contribution in [1.82, 2.24) is 4.98 Å². The summed E-state index contributed by atoms with van der Waals surface area (Å²) in [6, 6.07) is 24.2. The van der Waals surface area contributed by atoms with Crippen LogP contribution in [-0.2, 0) is 30.3 Å². The van der Waals surface area contributed by atoms with Crippen molar-refractivity contribution in [2.24, 2.45) is 11.8 Å². The number of benzene rings is 3. The van der Waals surface area contributed by atoms with E-state index >= 15 is 0 Å². The first kappa shape index (κ1) is 40.6. The van der Waals surface area contributed by atoms with Crippen molar-refractivity contribution in [3.05, 3.63) is 96.1 Å². The zero-order valence-corrected chi connectivity index (χ0v) is 34.4. The molecule has 255 valence electrons. The molecule has 1 N–H and O–H groups in total. The van der Waals surface area contributed by atoms with Gasteiger partial charge in [0.1, 0.15) is 0 Å². The fourth-order valence-electron chi connectivity index (χ4n) is 5.73. The molecule has 4 aromatic rings. The molecule has 47 heavy (non-hydrogen) atoms. The molecule has 0 fully saturated rings. The van der Waals surface area contributed by atoms with Crippen LogP contribution in [0.2, 0.25) is 17.3 Å². The summed E-state index contributed by atoms with van der Waals surface area (Å²) in [6.45, 7) is 14.7. The van der Waals surface area contributed by atoms with Crippen LogP contribution in [0.25, 0.3) is 33.2 Å². The van der Waals surface area contributed by atoms with Crippen LogP contribution in [0.1, 0.15) is 79.7 Å². The number of fused-ring (bicyclic) bond motifs is 1. The van der Waals surface area contributed by atoms with Gasteiger partial charge in [-0.25, -0.2) is 0 Å². The first-order valence-electron chi connectivity index (χ1n) is 16.8. The summed E-state index contributed by atoms with van der Waals surface area (Å²) in [5.41, 5.74) is 4.31. The summed E-state index contributed by atoms with van der Waals surface area (Å²) in [6.07, 6.45) is 6.24. The molecule has 0 atom stereocenters. The van der Waals surface area contributed by atoms with Crippen molar-refractivity contribution >= 4 is 34.2 Å². The summed E-state index contributed by atoms with van der Waals surface area (Å²) in [5, 5.41) is 12.0. The molecule has 1 heterocycles. The van der Waals surface area contributed by atoms with Crippen LogP contribution >= 0.6 is 0 Å². The van der Waals surface area contributed by atoms with Crippen LogP contribution in [0.4, 0.5) is 4.39 Å². The summed E-state index contributed by atoms with van der Waals surface area (Å²) in [7, 11) is 0. The average Bonchev–Trinajstić information content (AvgIpc) is 3.01. The van der Waals surface area contributed by atoms with E-state index in [9.17, 15) is 14.3 Å². The molecule has 0 aliphatic heterocycles. The number of rotatable bonds is 10. The van der Waals surface area contributed by atoms with Gasteiger partial charge in [0.25, 0.3) is 0 Å². The minimum atomic E-state index is -1.91. The smallest absolute Gasteiger partial charge is 0.162 e. The SMILES string of the molecule is CC(C)(C)c1cc(-c2cc(-c3cc[c]([Ge]([CH3])([CH3])[CH3])cc3)c(F)cn2)[c-]c2ccccc12.CCC(CC)C(=O)/C=C(\O)C(CC)CC.[Ir]. The van der Waals surface area contributed by atoms with Gasteiger partial charge in [0.15, 0.2) is 5.78 Å². The molecule has 1 radical (unpaired) electrons. The quantitative estimate of drug-likeness (QED) is 0.0747. The van der Waals surface area contributed by atoms with Crippen molar-refractivity contribution < 1.29 is 34.4 Å². The minimum absolute atomic E-state index is 0. The van der Waals surface area contributed by atoms with Gasteiger partial charge in [-0.3, -0.25) is 4.79 Å². The van der Waals surface area contributed by atoms with Crippen LogP contribution in [-0.4, -0.2) is 29.1 Å². The van der Waals surface area contributed by atoms with Crippen LogP contribution in [0.15, 0.2) is 78.7 Å². The summed E-state index contributed by atoms with van der Waals surface area (Å²) < 4.78 is 16.2. The first-order chi connectivity index (χ1) is 21.6. The maximum absolute atomic E-state index is 14.8. The van der Waals surface area contributed by atoms with E-state index in [1.165, 1.54) is 27.6 Å². The molecular formula is C41H53FGeIrNO2-. The Morgan fingerprint density at radius 1 is 0.915 bits per heavy atom. The normalized spacial score (nSPS) is 12.1. The monoisotopic (exact) mass is 877 g/mol. The Hall–Kier alpha value is -2.60. The number of carbonyl (C=O) groups excluding carboxylic acids is 1. The predicted octanol–water partition coefficient (Wildman–Crippen LogP) is 11.2. The Kier molecular flexibility index (Phi) is 15.3. The van der Waals surface area contributed by atoms with Gasteiger partial charge >= 0.3 is 182 Å². The van der Waals surface area contributed by atoms with Crippen molar-refractivity contribution in [1.29, 1.82) is 0 Å². The fourth-order valence-corrected chi connectivity index (χ4v) is 8.17. The van der Waals surface area contributed by atoms with Crippen LogP contribution in [0.3, 0.4) is 0 Å². The summed E-state index contributed by atoms with van der Waals surface area (Å²) >= 11 is -1.91. The number of nitrogens with zero attached hydrogens (tertiary/aromatic N) is 1. The second-order valence-electron chi connectivity index (χ2n) is 14.3. The summed E-state index contributed by atoms with van der Waals surface area (Å²) in [5.74, 6) is 7.34. The molecule has 4 rings (SSSR count). The van der Waals surface area contributed by atoms with Crippen LogP contribution in [0, 0.1) is 23.7 Å². The van der Waals surface area contributed by atoms with E-state index in [-0.39, 0.29) is 54.7 Å². The molecule has 0 bridgehead atoms. The molecule has 6 heteroatoms. The third-order valence-corrected chi connectivity index (χ3v) is 13.2. The second-order valence-corrected chi connectivity index (χ2v) is 24.9. The molecular weight excluding hydrogens is 822 g/mol. The molecule has 0 saturated heterocycles. The molecule has 0 spiro atoms. The summed E-state index contributed by atoms with van der Waals surface area (Å²) in [4.78, 5) is 16.1. The van der Waals surface area contributed by atoms with E-state index < -0.39 is 13.3 Å². The number of aliphatic hydroxyl groups is 1. The number of ketones is 1. The molecule has 1 aromatic heterocycles. The topological polar surface area (TPSA) is 50.2 Å². The molecule has 0 unspecified atom stereocenters. The van der Waals surface area contributed by atoms with E-state index in [0.29, 0.717) is 5.56 Å². The maximum Gasteiger partial charge on any atom is 0.162 e. The zero-order chi connectivity index (χ0) is 34.2. The molecule has 0 amide bonds. The third-order valence-electron chi connectivity index (χ3n) is 8.86. The first-order valence-corrected chi connectivity index (χ1v) is 24.1. The van der Waals surface area contributed by atoms with Gasteiger partial charge in [-0.1, -0.05) is 33.8 Å². The number of allylic oxidation sites excluding steroid dienone is 2. The average molecular weight is 876 g/mol. The Morgan fingerprint density at radius 3 is 2.02 bits per heavy atom. The molecule has 3 nitrogen and oxygen atoms in total. The third kappa shape index (κ3) is 10.7. The van der Waals surface area contributed by atoms with Gasteiger partial charge in [-0.15, -0.1) is 0 Å². The van der Waals surface area contributed by atoms with E-state index in [1.54, 1.807) is 0 Å². The van der Waals surface area contributed by atoms with Gasteiger partial charge in [-0.05, 0) is 25.7 Å². The number of aromatic nitrogens is 1. The van der Waals surface area contributed by atoms with Gasteiger partial charge < -0.3 is 5.11 Å². The van der Waals surface area contributed by atoms with E-state index in [2.05, 4.69) is 85.5 Å². The van der Waals surface area contributed by atoms with Gasteiger partial charge in [0.2, 0.25) is 0 Å². The van der Waals surface area contributed by atoms with Crippen LogP contribution in [0.5, 0.6) is 0 Å². The predicted molar refractivity (Wildman–Crippen MR) is 197 cm³/mol. The minimum Gasteiger partial charge on any atom is -0.512 e. The van der Waals surface area contributed by atoms with Gasteiger partial charge in [0, 0.05) is 38.0 Å². The Morgan fingerprint density at radius 2 is 1.49 bits per heavy atom. The van der Waals surface area contributed by atoms with Crippen molar-refractivity contribution in [2.75, 3.05) is 0 Å². The van der Waals surface area contributed by atoms with Crippen molar-refractivity contribution in [2.45, 2.75) is 96.8 Å². The number of hydrogen-bond acceptors (Lipinski definition) is 3. The number of pyridine rings is 1. The number of hydrogen-bond donors (Lipinski definition) is 1. The van der Waals surface area contributed by atoms with E-state index in [4.69, 9.17) is 0 Å². The number of carbonyl (C=O) groups is 1. The van der Waals surface area contributed by atoms with E-state index in [0.717, 1.165) is 47.9 Å². The Bertz CT molecular complexity index is 1640. The molecule has 0 aliphatic rings. The fraction of sp³-hybridized carbons (Fsp3) is 0.415. The van der Waals surface area contributed by atoms with Gasteiger partial charge in [0.05, 0.1) is 5.76 Å². The van der Waals surface area contributed by atoms with Crippen molar-refractivity contribution in [3.8, 4) is 22.4 Å². The molecule has 0 aliphatic carbocycles. The van der Waals surface area contributed by atoms with E-state index in [1.807, 2.05) is 52.0 Å². The number of aliphatic hydroxyl groups excluding tert-OH is 1. The number of halogens is 1. The Balaban J connectivity index is 0.000000410. The maximum atomic E-state index is 14.8. The molecule has 3 aromatic carbocycles. The zero-order valence-electron chi connectivity index (χ0n) is 29.9. The van der Waals surface area contributed by atoms with Crippen molar-refractivity contribution in [3.63, 3.8) is 0 Å². The Labute approximate surface area is 299 Å². The second kappa shape index (κ2) is 17.7.